The molecule has 0 radical (unpaired) electrons. The number of aromatic nitrogens is 2. The molecule has 1 aromatic heterocycles. The van der Waals surface area contributed by atoms with Crippen molar-refractivity contribution in [3.8, 4) is 0 Å². The smallest absolute Gasteiger partial charge is 0.244 e. The molecule has 0 saturated heterocycles. The second-order valence-electron chi connectivity index (χ2n) is 3.47. The molecule has 0 atom stereocenters. The zero-order valence-corrected chi connectivity index (χ0v) is 11.8. The highest BCUT2D eigenvalue weighted by atomic mass is 79.9. The van der Waals surface area contributed by atoms with Crippen molar-refractivity contribution in [2.24, 2.45) is 7.05 Å². The van der Waals surface area contributed by atoms with Crippen LogP contribution in [0.4, 0.5) is 0 Å². The summed E-state index contributed by atoms with van der Waals surface area (Å²) in [4.78, 5) is 0.240. The molecular weight excluding hydrogens is 294 g/mol. The lowest BCUT2D eigenvalue weighted by molar-refractivity contribution is 0.584. The van der Waals surface area contributed by atoms with E-state index in [-0.39, 0.29) is 11.4 Å². The normalized spacial score (nSPS) is 11.8. The quantitative estimate of drug-likeness (QED) is 0.910. The Kier molecular flexibility index (Phi) is 3.92. The molecule has 90 valence electrons. The lowest BCUT2D eigenvalue weighted by Gasteiger charge is -2.06. The van der Waals surface area contributed by atoms with Crippen LogP contribution in [0.3, 0.4) is 0 Å². The Bertz CT molecular complexity index is 519. The minimum absolute atomic E-state index is 0.163. The van der Waals surface area contributed by atoms with E-state index in [9.17, 15) is 8.42 Å². The summed E-state index contributed by atoms with van der Waals surface area (Å²) in [6.07, 6.45) is 0. The van der Waals surface area contributed by atoms with Crippen LogP contribution in [0.15, 0.2) is 16.0 Å². The van der Waals surface area contributed by atoms with Gasteiger partial charge in [-0.15, -0.1) is 0 Å². The van der Waals surface area contributed by atoms with Gasteiger partial charge >= 0.3 is 0 Å². The SMILES string of the molecule is C=C(Br)CNS(=O)(=O)c1c(C)nn(C)c1C. The van der Waals surface area contributed by atoms with Gasteiger partial charge in [0.25, 0.3) is 0 Å². The molecule has 16 heavy (non-hydrogen) atoms. The molecule has 5 nitrogen and oxygen atoms in total. The molecule has 7 heteroatoms. The fourth-order valence-corrected chi connectivity index (χ4v) is 3.17. The van der Waals surface area contributed by atoms with Crippen molar-refractivity contribution in [1.82, 2.24) is 14.5 Å². The number of halogens is 1. The van der Waals surface area contributed by atoms with Gasteiger partial charge in [-0.25, -0.2) is 13.1 Å². The Morgan fingerprint density at radius 2 is 2.12 bits per heavy atom. The van der Waals surface area contributed by atoms with E-state index < -0.39 is 10.0 Å². The van der Waals surface area contributed by atoms with Gasteiger partial charge in [0.05, 0.1) is 11.4 Å². The average molecular weight is 308 g/mol. The molecule has 0 saturated carbocycles. The molecule has 0 aliphatic heterocycles. The van der Waals surface area contributed by atoms with Crippen molar-refractivity contribution >= 4 is 26.0 Å². The van der Waals surface area contributed by atoms with Gasteiger partial charge in [-0.1, -0.05) is 22.5 Å². The van der Waals surface area contributed by atoms with Gasteiger partial charge < -0.3 is 0 Å². The zero-order valence-electron chi connectivity index (χ0n) is 9.41. The third-order valence-corrected chi connectivity index (χ3v) is 4.10. The van der Waals surface area contributed by atoms with Gasteiger partial charge in [-0.3, -0.25) is 4.68 Å². The van der Waals surface area contributed by atoms with Crippen LogP contribution in [0.2, 0.25) is 0 Å². The summed E-state index contributed by atoms with van der Waals surface area (Å²) in [5.74, 6) is 0. The molecule has 0 amide bonds. The Labute approximate surface area is 104 Å². The van der Waals surface area contributed by atoms with Crippen LogP contribution in [0.1, 0.15) is 11.4 Å². The highest BCUT2D eigenvalue weighted by Crippen LogP contribution is 2.18. The van der Waals surface area contributed by atoms with E-state index in [0.717, 1.165) is 0 Å². The number of hydrogen-bond acceptors (Lipinski definition) is 3. The summed E-state index contributed by atoms with van der Waals surface area (Å²) in [6.45, 7) is 7.12. The third kappa shape index (κ3) is 2.72. The summed E-state index contributed by atoms with van der Waals surface area (Å²) >= 11 is 3.10. The van der Waals surface area contributed by atoms with E-state index in [2.05, 4.69) is 32.3 Å². The average Bonchev–Trinajstić information content (AvgIpc) is 2.38. The largest absolute Gasteiger partial charge is 0.271 e. The first kappa shape index (κ1) is 13.4. The lowest BCUT2D eigenvalue weighted by atomic mass is 10.4. The van der Waals surface area contributed by atoms with Crippen LogP contribution in [-0.2, 0) is 17.1 Å². The molecule has 0 aromatic carbocycles. The van der Waals surface area contributed by atoms with Crippen LogP contribution in [0, 0.1) is 13.8 Å². The highest BCUT2D eigenvalue weighted by molar-refractivity contribution is 9.11. The summed E-state index contributed by atoms with van der Waals surface area (Å²) in [5, 5.41) is 4.07. The molecule has 1 rings (SSSR count). The fraction of sp³-hybridized carbons (Fsp3) is 0.444. The Balaban J connectivity index is 3.12. The van der Waals surface area contributed by atoms with Gasteiger partial charge in [0.15, 0.2) is 0 Å². The third-order valence-electron chi connectivity index (χ3n) is 2.17. The molecule has 0 fully saturated rings. The maximum atomic E-state index is 12.0. The van der Waals surface area contributed by atoms with Gasteiger partial charge in [0, 0.05) is 18.1 Å². The number of rotatable bonds is 4. The molecule has 0 spiro atoms. The highest BCUT2D eigenvalue weighted by Gasteiger charge is 2.23. The van der Waals surface area contributed by atoms with Crippen LogP contribution in [0.25, 0.3) is 0 Å². The van der Waals surface area contributed by atoms with Crippen molar-refractivity contribution in [2.45, 2.75) is 18.7 Å². The standard InChI is InChI=1S/C9H14BrN3O2S/c1-6(10)5-11-16(14,15)9-7(2)12-13(4)8(9)3/h11H,1,5H2,2-4H3. The van der Waals surface area contributed by atoms with Gasteiger partial charge in [0.2, 0.25) is 10.0 Å². The van der Waals surface area contributed by atoms with Crippen molar-refractivity contribution in [3.05, 3.63) is 22.4 Å². The number of sulfonamides is 1. The van der Waals surface area contributed by atoms with E-state index in [1.807, 2.05) is 0 Å². The van der Waals surface area contributed by atoms with E-state index in [4.69, 9.17) is 0 Å². The Morgan fingerprint density at radius 3 is 2.50 bits per heavy atom. The van der Waals surface area contributed by atoms with E-state index >= 15 is 0 Å². The maximum Gasteiger partial charge on any atom is 0.244 e. The first-order chi connectivity index (χ1) is 7.25. The molecule has 0 bridgehead atoms. The van der Waals surface area contributed by atoms with Gasteiger partial charge in [-0.05, 0) is 13.8 Å². The minimum Gasteiger partial charge on any atom is -0.271 e. The van der Waals surface area contributed by atoms with Gasteiger partial charge in [-0.2, -0.15) is 5.10 Å². The predicted octanol–water partition coefficient (Wildman–Crippen LogP) is 1.22. The van der Waals surface area contributed by atoms with E-state index in [0.29, 0.717) is 15.9 Å². The molecule has 1 heterocycles. The van der Waals surface area contributed by atoms with Crippen molar-refractivity contribution < 1.29 is 8.42 Å². The molecule has 0 unspecified atom stereocenters. The monoisotopic (exact) mass is 307 g/mol. The Hall–Kier alpha value is -0.660. The first-order valence-corrected chi connectivity index (χ1v) is 6.86. The van der Waals surface area contributed by atoms with E-state index in [1.54, 1.807) is 25.6 Å². The van der Waals surface area contributed by atoms with Crippen molar-refractivity contribution in [3.63, 3.8) is 0 Å². The summed E-state index contributed by atoms with van der Waals surface area (Å²) in [6, 6.07) is 0. The van der Waals surface area contributed by atoms with E-state index in [1.165, 1.54) is 0 Å². The predicted molar refractivity (Wildman–Crippen MR) is 65.9 cm³/mol. The lowest BCUT2D eigenvalue weighted by Crippen LogP contribution is -2.25. The Morgan fingerprint density at radius 1 is 1.56 bits per heavy atom. The van der Waals surface area contributed by atoms with Crippen LogP contribution in [-0.4, -0.2) is 24.7 Å². The van der Waals surface area contributed by atoms with Crippen LogP contribution in [0.5, 0.6) is 0 Å². The number of hydrogen-bond donors (Lipinski definition) is 1. The summed E-state index contributed by atoms with van der Waals surface area (Å²) in [7, 11) is -1.81. The second-order valence-corrected chi connectivity index (χ2v) is 6.29. The zero-order chi connectivity index (χ0) is 12.5. The number of nitrogens with zero attached hydrogens (tertiary/aromatic N) is 2. The van der Waals surface area contributed by atoms with Gasteiger partial charge in [0.1, 0.15) is 4.90 Å². The fourth-order valence-electron chi connectivity index (χ4n) is 1.39. The summed E-state index contributed by atoms with van der Waals surface area (Å²) in [5.41, 5.74) is 1.11. The molecule has 1 aromatic rings. The number of nitrogens with one attached hydrogen (secondary N) is 1. The molecular formula is C9H14BrN3O2S. The topological polar surface area (TPSA) is 64.0 Å². The summed E-state index contributed by atoms with van der Waals surface area (Å²) < 4.78 is 28.5. The number of aryl methyl sites for hydroxylation is 2. The van der Waals surface area contributed by atoms with Crippen LogP contribution < -0.4 is 4.72 Å². The minimum atomic E-state index is -3.52. The molecule has 0 aliphatic carbocycles. The maximum absolute atomic E-state index is 12.0. The van der Waals surface area contributed by atoms with Crippen molar-refractivity contribution in [1.29, 1.82) is 0 Å². The molecule has 1 N–H and O–H groups in total. The molecule has 0 aliphatic rings. The first-order valence-electron chi connectivity index (χ1n) is 4.59. The van der Waals surface area contributed by atoms with Crippen molar-refractivity contribution in [2.75, 3.05) is 6.54 Å². The second kappa shape index (κ2) is 4.68. The van der Waals surface area contributed by atoms with Crippen LogP contribution >= 0.6 is 15.9 Å².